The largest absolute Gasteiger partial charge is 0.493 e. The van der Waals surface area contributed by atoms with Crippen LogP contribution >= 0.6 is 15.9 Å². The van der Waals surface area contributed by atoms with E-state index in [1.54, 1.807) is 14.2 Å². The Morgan fingerprint density at radius 1 is 1.38 bits per heavy atom. The first-order valence-electron chi connectivity index (χ1n) is 5.17. The van der Waals surface area contributed by atoms with Crippen molar-refractivity contribution in [2.24, 2.45) is 5.73 Å². The van der Waals surface area contributed by atoms with Gasteiger partial charge < -0.3 is 15.2 Å². The predicted octanol–water partition coefficient (Wildman–Crippen LogP) is 2.84. The molecule has 0 saturated heterocycles. The van der Waals surface area contributed by atoms with Gasteiger partial charge in [0.1, 0.15) is 0 Å². The van der Waals surface area contributed by atoms with Gasteiger partial charge >= 0.3 is 0 Å². The highest BCUT2D eigenvalue weighted by Gasteiger charge is 2.20. The molecule has 1 atom stereocenters. The number of halogens is 1. The first-order valence-corrected chi connectivity index (χ1v) is 5.97. The molecule has 0 amide bonds. The van der Waals surface area contributed by atoms with E-state index in [1.165, 1.54) is 0 Å². The van der Waals surface area contributed by atoms with E-state index in [-0.39, 0.29) is 5.92 Å². The fourth-order valence-electron chi connectivity index (χ4n) is 1.69. The minimum absolute atomic E-state index is 0.220. The second-order valence-electron chi connectivity index (χ2n) is 3.79. The number of nitrogens with two attached hydrogens (primary N) is 1. The Morgan fingerprint density at radius 3 is 2.44 bits per heavy atom. The van der Waals surface area contributed by atoms with E-state index < -0.39 is 0 Å². The summed E-state index contributed by atoms with van der Waals surface area (Å²) in [5, 5.41) is 0. The Kier molecular flexibility index (Phi) is 4.62. The zero-order chi connectivity index (χ0) is 12.3. The second kappa shape index (κ2) is 5.55. The van der Waals surface area contributed by atoms with Crippen molar-refractivity contribution >= 4 is 15.9 Å². The van der Waals surface area contributed by atoms with Crippen molar-refractivity contribution < 1.29 is 9.47 Å². The summed E-state index contributed by atoms with van der Waals surface area (Å²) >= 11 is 3.59. The molecule has 0 saturated carbocycles. The van der Waals surface area contributed by atoms with Crippen molar-refractivity contribution in [1.82, 2.24) is 0 Å². The summed E-state index contributed by atoms with van der Waals surface area (Å²) in [6.07, 6.45) is 0. The number of benzene rings is 1. The summed E-state index contributed by atoms with van der Waals surface area (Å²) in [6, 6.07) is 1.95. The predicted molar refractivity (Wildman–Crippen MR) is 69.5 cm³/mol. The lowest BCUT2D eigenvalue weighted by atomic mass is 9.97. The number of hydrogen-bond acceptors (Lipinski definition) is 3. The fourth-order valence-corrected chi connectivity index (χ4v) is 2.38. The van der Waals surface area contributed by atoms with Gasteiger partial charge in [-0.15, -0.1) is 0 Å². The molecule has 16 heavy (non-hydrogen) atoms. The number of hydrogen-bond donors (Lipinski definition) is 1. The van der Waals surface area contributed by atoms with E-state index in [1.807, 2.05) is 13.0 Å². The molecule has 1 aromatic carbocycles. The molecule has 0 heterocycles. The molecule has 1 aromatic rings. The van der Waals surface area contributed by atoms with Gasteiger partial charge in [0.2, 0.25) is 0 Å². The molecule has 90 valence electrons. The Morgan fingerprint density at radius 2 is 2.00 bits per heavy atom. The Balaban J connectivity index is 3.46. The summed E-state index contributed by atoms with van der Waals surface area (Å²) in [6.45, 7) is 4.67. The van der Waals surface area contributed by atoms with Crippen molar-refractivity contribution in [2.75, 3.05) is 20.8 Å². The van der Waals surface area contributed by atoms with Crippen LogP contribution in [-0.2, 0) is 0 Å². The van der Waals surface area contributed by atoms with Gasteiger partial charge in [0.25, 0.3) is 0 Å². The van der Waals surface area contributed by atoms with E-state index in [0.29, 0.717) is 6.54 Å². The van der Waals surface area contributed by atoms with Gasteiger partial charge in [-0.1, -0.05) is 22.9 Å². The second-order valence-corrected chi connectivity index (χ2v) is 4.59. The normalized spacial score (nSPS) is 12.4. The first-order chi connectivity index (χ1) is 7.56. The highest BCUT2D eigenvalue weighted by Crippen LogP contribution is 2.42. The van der Waals surface area contributed by atoms with Crippen LogP contribution in [0.15, 0.2) is 10.5 Å². The van der Waals surface area contributed by atoms with Gasteiger partial charge in [-0.05, 0) is 31.0 Å². The highest BCUT2D eigenvalue weighted by atomic mass is 79.9. The van der Waals surface area contributed by atoms with Crippen molar-refractivity contribution in [2.45, 2.75) is 19.8 Å². The molecule has 0 aliphatic rings. The number of aryl methyl sites for hydroxylation is 1. The molecule has 0 aliphatic heterocycles. The maximum absolute atomic E-state index is 5.72. The van der Waals surface area contributed by atoms with Crippen molar-refractivity contribution in [1.29, 1.82) is 0 Å². The molecule has 0 radical (unpaired) electrons. The zero-order valence-electron chi connectivity index (χ0n) is 10.1. The molecule has 4 heteroatoms. The topological polar surface area (TPSA) is 44.5 Å². The summed E-state index contributed by atoms with van der Waals surface area (Å²) in [5.41, 5.74) is 7.91. The summed E-state index contributed by atoms with van der Waals surface area (Å²) in [4.78, 5) is 0. The van der Waals surface area contributed by atoms with Gasteiger partial charge in [-0.2, -0.15) is 0 Å². The Bertz CT molecular complexity index is 380. The molecule has 1 rings (SSSR count). The lowest BCUT2D eigenvalue weighted by Crippen LogP contribution is -2.12. The smallest absolute Gasteiger partial charge is 0.165 e. The average Bonchev–Trinajstić information content (AvgIpc) is 2.30. The lowest BCUT2D eigenvalue weighted by Gasteiger charge is -2.20. The lowest BCUT2D eigenvalue weighted by molar-refractivity contribution is 0.349. The minimum Gasteiger partial charge on any atom is -0.493 e. The summed E-state index contributed by atoms with van der Waals surface area (Å²) < 4.78 is 11.8. The molecular weight excluding hydrogens is 270 g/mol. The summed E-state index contributed by atoms with van der Waals surface area (Å²) in [5.74, 6) is 1.73. The van der Waals surface area contributed by atoms with Crippen molar-refractivity contribution in [3.05, 3.63) is 21.7 Å². The van der Waals surface area contributed by atoms with E-state index in [0.717, 1.165) is 27.1 Å². The average molecular weight is 288 g/mol. The van der Waals surface area contributed by atoms with Crippen LogP contribution in [0, 0.1) is 6.92 Å². The maximum atomic E-state index is 5.72. The highest BCUT2D eigenvalue weighted by molar-refractivity contribution is 9.10. The molecule has 0 aliphatic carbocycles. The van der Waals surface area contributed by atoms with Crippen LogP contribution in [0.3, 0.4) is 0 Å². The third-order valence-corrected chi connectivity index (χ3v) is 3.72. The van der Waals surface area contributed by atoms with Crippen molar-refractivity contribution in [3.8, 4) is 11.5 Å². The van der Waals surface area contributed by atoms with E-state index in [4.69, 9.17) is 15.2 Å². The quantitative estimate of drug-likeness (QED) is 0.926. The number of methoxy groups -OCH3 is 2. The fraction of sp³-hybridized carbons (Fsp3) is 0.500. The van der Waals surface area contributed by atoms with Crippen LogP contribution < -0.4 is 15.2 Å². The van der Waals surface area contributed by atoms with Gasteiger partial charge in [-0.25, -0.2) is 0 Å². The molecule has 0 fully saturated rings. The molecule has 0 aromatic heterocycles. The Labute approximate surface area is 105 Å². The molecule has 3 nitrogen and oxygen atoms in total. The molecule has 0 bridgehead atoms. The SMILES string of the molecule is COc1cc(C)c(Br)c(C(C)CN)c1OC. The zero-order valence-corrected chi connectivity index (χ0v) is 11.7. The molecule has 1 unspecified atom stereocenters. The van der Waals surface area contributed by atoms with Crippen LogP contribution in [-0.4, -0.2) is 20.8 Å². The third-order valence-electron chi connectivity index (χ3n) is 2.67. The molecular formula is C12H18BrNO2. The van der Waals surface area contributed by atoms with Gasteiger partial charge in [0, 0.05) is 10.0 Å². The molecule has 2 N–H and O–H groups in total. The third kappa shape index (κ3) is 2.33. The van der Waals surface area contributed by atoms with Crippen LogP contribution in [0.4, 0.5) is 0 Å². The monoisotopic (exact) mass is 287 g/mol. The Hall–Kier alpha value is -0.740. The van der Waals surface area contributed by atoms with E-state index >= 15 is 0 Å². The van der Waals surface area contributed by atoms with Gasteiger partial charge in [-0.3, -0.25) is 0 Å². The van der Waals surface area contributed by atoms with Crippen LogP contribution in [0.25, 0.3) is 0 Å². The maximum Gasteiger partial charge on any atom is 0.165 e. The summed E-state index contributed by atoms with van der Waals surface area (Å²) in [7, 11) is 3.29. The van der Waals surface area contributed by atoms with E-state index in [2.05, 4.69) is 22.9 Å². The standard InChI is InChI=1S/C12H18BrNO2/c1-7-5-9(15-3)12(16-4)10(11(7)13)8(2)6-14/h5,8H,6,14H2,1-4H3. The minimum atomic E-state index is 0.220. The van der Waals surface area contributed by atoms with Crippen LogP contribution in [0.2, 0.25) is 0 Å². The van der Waals surface area contributed by atoms with Gasteiger partial charge in [0.15, 0.2) is 11.5 Å². The van der Waals surface area contributed by atoms with Crippen LogP contribution in [0.1, 0.15) is 24.0 Å². The van der Waals surface area contributed by atoms with Gasteiger partial charge in [0.05, 0.1) is 14.2 Å². The van der Waals surface area contributed by atoms with E-state index in [9.17, 15) is 0 Å². The van der Waals surface area contributed by atoms with Crippen molar-refractivity contribution in [3.63, 3.8) is 0 Å². The van der Waals surface area contributed by atoms with Crippen LogP contribution in [0.5, 0.6) is 11.5 Å². The molecule has 0 spiro atoms. The first kappa shape index (κ1) is 13.3. The number of rotatable bonds is 4. The number of ether oxygens (including phenoxy) is 2.